The van der Waals surface area contributed by atoms with E-state index in [0.29, 0.717) is 32.3 Å². The van der Waals surface area contributed by atoms with Crippen LogP contribution in [-0.2, 0) is 14.3 Å². The number of esters is 1. The van der Waals surface area contributed by atoms with Crippen molar-refractivity contribution in [1.29, 1.82) is 0 Å². The molecule has 64 heavy (non-hydrogen) atoms. The van der Waals surface area contributed by atoms with E-state index in [1.54, 1.807) is 0 Å². The van der Waals surface area contributed by atoms with Gasteiger partial charge in [-0.1, -0.05) is 242 Å². The molecule has 0 fully saturated rings. The molecule has 0 aromatic heterocycles. The third kappa shape index (κ3) is 49.3. The monoisotopic (exact) mass is 898 g/mol. The fourth-order valence-corrected chi connectivity index (χ4v) is 8.31. The lowest BCUT2D eigenvalue weighted by molar-refractivity contribution is -0.143. The van der Waals surface area contributed by atoms with Gasteiger partial charge in [-0.05, 0) is 77.0 Å². The molecule has 0 aliphatic rings. The van der Waals surface area contributed by atoms with Crippen molar-refractivity contribution in [2.45, 2.75) is 296 Å². The predicted molar refractivity (Wildman–Crippen MR) is 278 cm³/mol. The fraction of sp³-hybridized carbons (Fsp3) is 0.828. The number of aliphatic hydroxyl groups is 2. The van der Waals surface area contributed by atoms with Gasteiger partial charge in [0.2, 0.25) is 5.91 Å². The first-order valence-electron chi connectivity index (χ1n) is 27.9. The molecule has 0 heterocycles. The molecule has 0 aliphatic heterocycles. The van der Waals surface area contributed by atoms with Gasteiger partial charge in [0.25, 0.3) is 0 Å². The number of rotatable bonds is 51. The highest BCUT2D eigenvalue weighted by atomic mass is 16.5. The lowest BCUT2D eigenvalue weighted by Gasteiger charge is -2.22. The van der Waals surface area contributed by atoms with Crippen LogP contribution < -0.4 is 5.32 Å². The Hall–Kier alpha value is -2.18. The summed E-state index contributed by atoms with van der Waals surface area (Å²) in [5.41, 5.74) is 0. The highest BCUT2D eigenvalue weighted by molar-refractivity contribution is 5.76. The maximum atomic E-state index is 12.4. The molecular weight excluding hydrogens is 791 g/mol. The number of allylic oxidation sites excluding steroid dienone is 8. The van der Waals surface area contributed by atoms with Crippen molar-refractivity contribution >= 4 is 11.9 Å². The zero-order chi connectivity index (χ0) is 46.5. The van der Waals surface area contributed by atoms with Crippen LogP contribution in [0.5, 0.6) is 0 Å². The maximum Gasteiger partial charge on any atom is 0.305 e. The second-order valence-electron chi connectivity index (χ2n) is 18.9. The summed E-state index contributed by atoms with van der Waals surface area (Å²) in [5.74, 6) is -0.146. The number of carbonyl (C=O) groups is 2. The molecule has 374 valence electrons. The van der Waals surface area contributed by atoms with Crippen LogP contribution in [0.3, 0.4) is 0 Å². The molecule has 6 heteroatoms. The van der Waals surface area contributed by atoms with Crippen LogP contribution in [0.25, 0.3) is 0 Å². The number of hydrogen-bond acceptors (Lipinski definition) is 5. The highest BCUT2D eigenvalue weighted by Gasteiger charge is 2.19. The van der Waals surface area contributed by atoms with E-state index in [9.17, 15) is 19.8 Å². The second-order valence-corrected chi connectivity index (χ2v) is 18.9. The summed E-state index contributed by atoms with van der Waals surface area (Å²) < 4.78 is 5.45. The van der Waals surface area contributed by atoms with Gasteiger partial charge in [0.1, 0.15) is 0 Å². The summed E-state index contributed by atoms with van der Waals surface area (Å²) in [6.45, 7) is 4.87. The normalized spacial score (nSPS) is 13.0. The standard InChI is InChI=1S/C58H107NO5/c1-3-5-7-9-11-13-15-17-19-21-22-23-26-30-34-38-42-46-50-56(61)55(54-60)59-57(62)51-47-43-39-35-31-27-25-29-33-37-41-45-49-53-64-58(63)52-48-44-40-36-32-28-24-20-18-16-14-12-10-8-6-4-2/h14,16,20,24,27,31,39,43,55-56,60-61H,3-13,15,17-19,21-23,25-26,28-30,32-38,40-42,44-54H2,1-2H3,(H,59,62)/b16-14-,24-20-,31-27-,43-39-. The van der Waals surface area contributed by atoms with Gasteiger partial charge in [0, 0.05) is 12.8 Å². The van der Waals surface area contributed by atoms with Crippen molar-refractivity contribution in [3.05, 3.63) is 48.6 Å². The molecular formula is C58H107NO5. The van der Waals surface area contributed by atoms with Gasteiger partial charge >= 0.3 is 5.97 Å². The Kier molecular flexibility index (Phi) is 51.6. The maximum absolute atomic E-state index is 12.4. The van der Waals surface area contributed by atoms with Crippen molar-refractivity contribution in [3.63, 3.8) is 0 Å². The van der Waals surface area contributed by atoms with E-state index >= 15 is 0 Å². The zero-order valence-electron chi connectivity index (χ0n) is 42.5. The molecule has 1 amide bonds. The van der Waals surface area contributed by atoms with E-state index in [-0.39, 0.29) is 18.5 Å². The molecule has 2 atom stereocenters. The number of aliphatic hydroxyl groups excluding tert-OH is 2. The van der Waals surface area contributed by atoms with Crippen molar-refractivity contribution in [2.24, 2.45) is 0 Å². The molecule has 0 saturated carbocycles. The van der Waals surface area contributed by atoms with Crippen LogP contribution in [0.1, 0.15) is 284 Å². The number of ether oxygens (including phenoxy) is 1. The summed E-state index contributed by atoms with van der Waals surface area (Å²) >= 11 is 0. The van der Waals surface area contributed by atoms with Crippen molar-refractivity contribution in [2.75, 3.05) is 13.2 Å². The van der Waals surface area contributed by atoms with Gasteiger partial charge < -0.3 is 20.3 Å². The topological polar surface area (TPSA) is 95.9 Å². The molecule has 0 saturated heterocycles. The van der Waals surface area contributed by atoms with Gasteiger partial charge in [-0.3, -0.25) is 9.59 Å². The lowest BCUT2D eigenvalue weighted by Crippen LogP contribution is -2.45. The minimum atomic E-state index is -0.701. The number of nitrogens with one attached hydrogen (secondary N) is 1. The fourth-order valence-electron chi connectivity index (χ4n) is 8.31. The SMILES string of the molecule is CCCCCC/C=C\C/C=C\CCCCCCCC(=O)OCCCCCCCC/C=C\C/C=C\CCC(=O)NC(CO)C(O)CCCCCCCCCCCCCCCCCCCC. The molecule has 0 radical (unpaired) electrons. The average molecular weight is 898 g/mol. The molecule has 0 aliphatic carbocycles. The van der Waals surface area contributed by atoms with Gasteiger partial charge in [-0.25, -0.2) is 0 Å². The first kappa shape index (κ1) is 61.8. The Morgan fingerprint density at radius 2 is 0.797 bits per heavy atom. The molecule has 0 bridgehead atoms. The molecule has 0 aromatic rings. The largest absolute Gasteiger partial charge is 0.466 e. The van der Waals surface area contributed by atoms with Gasteiger partial charge in [-0.15, -0.1) is 0 Å². The van der Waals surface area contributed by atoms with Crippen molar-refractivity contribution < 1.29 is 24.5 Å². The third-order valence-electron chi connectivity index (χ3n) is 12.6. The van der Waals surface area contributed by atoms with Crippen LogP contribution in [0.2, 0.25) is 0 Å². The second kappa shape index (κ2) is 53.4. The summed E-state index contributed by atoms with van der Waals surface area (Å²) in [4.78, 5) is 24.5. The zero-order valence-corrected chi connectivity index (χ0v) is 42.5. The van der Waals surface area contributed by atoms with E-state index in [4.69, 9.17) is 4.74 Å². The quantitative estimate of drug-likeness (QED) is 0.0321. The van der Waals surface area contributed by atoms with Gasteiger partial charge in [-0.2, -0.15) is 0 Å². The predicted octanol–water partition coefficient (Wildman–Crippen LogP) is 17.0. The summed E-state index contributed by atoms with van der Waals surface area (Å²) in [6.07, 6.45) is 66.7. The Morgan fingerprint density at radius 3 is 1.23 bits per heavy atom. The van der Waals surface area contributed by atoms with E-state index in [2.05, 4.69) is 61.7 Å². The minimum absolute atomic E-state index is 0.0307. The van der Waals surface area contributed by atoms with E-state index < -0.39 is 12.1 Å². The van der Waals surface area contributed by atoms with Crippen LogP contribution in [0.15, 0.2) is 48.6 Å². The number of carbonyl (C=O) groups excluding carboxylic acids is 2. The van der Waals surface area contributed by atoms with Crippen LogP contribution in [0, 0.1) is 0 Å². The Bertz CT molecular complexity index is 1080. The Morgan fingerprint density at radius 1 is 0.438 bits per heavy atom. The molecule has 2 unspecified atom stereocenters. The first-order chi connectivity index (χ1) is 31.5. The Balaban J connectivity index is 3.56. The first-order valence-corrected chi connectivity index (χ1v) is 27.9. The van der Waals surface area contributed by atoms with Crippen LogP contribution >= 0.6 is 0 Å². The number of unbranched alkanes of at least 4 members (excludes halogenated alkanes) is 32. The highest BCUT2D eigenvalue weighted by Crippen LogP contribution is 2.16. The summed E-state index contributed by atoms with van der Waals surface area (Å²) in [7, 11) is 0. The number of amides is 1. The molecule has 3 N–H and O–H groups in total. The molecule has 0 rings (SSSR count). The summed E-state index contributed by atoms with van der Waals surface area (Å²) in [5, 5.41) is 23.2. The number of hydrogen-bond donors (Lipinski definition) is 3. The van der Waals surface area contributed by atoms with Gasteiger partial charge in [0.05, 0.1) is 25.4 Å². The third-order valence-corrected chi connectivity index (χ3v) is 12.6. The van der Waals surface area contributed by atoms with E-state index in [0.717, 1.165) is 64.2 Å². The van der Waals surface area contributed by atoms with Crippen molar-refractivity contribution in [3.8, 4) is 0 Å². The van der Waals surface area contributed by atoms with Crippen LogP contribution in [0.4, 0.5) is 0 Å². The molecule has 0 spiro atoms. The van der Waals surface area contributed by atoms with Gasteiger partial charge in [0.15, 0.2) is 0 Å². The molecule has 0 aromatic carbocycles. The smallest absolute Gasteiger partial charge is 0.305 e. The van der Waals surface area contributed by atoms with Crippen LogP contribution in [-0.4, -0.2) is 47.4 Å². The molecule has 6 nitrogen and oxygen atoms in total. The summed E-state index contributed by atoms with van der Waals surface area (Å²) in [6, 6.07) is -0.587. The average Bonchev–Trinajstić information content (AvgIpc) is 3.29. The lowest BCUT2D eigenvalue weighted by atomic mass is 10.0. The van der Waals surface area contributed by atoms with E-state index in [1.165, 1.54) is 180 Å². The Labute approximate surface area is 397 Å². The van der Waals surface area contributed by atoms with E-state index in [1.807, 2.05) is 6.08 Å². The van der Waals surface area contributed by atoms with Crippen molar-refractivity contribution in [1.82, 2.24) is 5.32 Å². The minimum Gasteiger partial charge on any atom is -0.466 e.